The Kier molecular flexibility index (Phi) is 7.59. The second kappa shape index (κ2) is 11.0. The van der Waals surface area contributed by atoms with Gasteiger partial charge in [-0.2, -0.15) is 0 Å². The maximum Gasteiger partial charge on any atom is 0.338 e. The van der Waals surface area contributed by atoms with Crippen molar-refractivity contribution in [3.05, 3.63) is 99.0 Å². The van der Waals surface area contributed by atoms with E-state index in [1.165, 1.54) is 0 Å². The van der Waals surface area contributed by atoms with Crippen LogP contribution in [0.2, 0.25) is 10.0 Å². The number of likely N-dealkylation sites (tertiary alicyclic amines) is 1. The summed E-state index contributed by atoms with van der Waals surface area (Å²) >= 11 is 12.8. The van der Waals surface area contributed by atoms with Gasteiger partial charge in [0.2, 0.25) is 5.91 Å². The van der Waals surface area contributed by atoms with Crippen molar-refractivity contribution >= 4 is 40.8 Å². The molecule has 2 fully saturated rings. The maximum absolute atomic E-state index is 14.3. The maximum atomic E-state index is 14.3. The number of halogens is 2. The van der Waals surface area contributed by atoms with E-state index in [9.17, 15) is 14.7 Å². The Hall–Kier alpha value is -2.94. The van der Waals surface area contributed by atoms with Gasteiger partial charge in [-0.3, -0.25) is 9.69 Å². The lowest BCUT2D eigenvalue weighted by Crippen LogP contribution is -2.52. The molecule has 0 bridgehead atoms. The summed E-state index contributed by atoms with van der Waals surface area (Å²) in [5.41, 5.74) is 9.55. The molecule has 0 radical (unpaired) electrons. The summed E-state index contributed by atoms with van der Waals surface area (Å²) in [4.78, 5) is 28.6. The summed E-state index contributed by atoms with van der Waals surface area (Å²) in [6, 6.07) is 19.1. The van der Waals surface area contributed by atoms with Crippen LogP contribution < -0.4 is 11.1 Å². The summed E-state index contributed by atoms with van der Waals surface area (Å²) in [5.74, 6) is -0.526. The first kappa shape index (κ1) is 28.2. The largest absolute Gasteiger partial charge is 0.462 e. The molecule has 1 saturated heterocycles. The molecule has 0 unspecified atom stereocenters. The quantitative estimate of drug-likeness (QED) is 0.292. The van der Waals surface area contributed by atoms with Crippen LogP contribution in [-0.2, 0) is 15.1 Å². The van der Waals surface area contributed by atoms with Crippen molar-refractivity contribution in [3.8, 4) is 0 Å². The molecule has 3 aromatic carbocycles. The number of esters is 1. The molecule has 1 saturated carbocycles. The lowest BCUT2D eigenvalue weighted by Gasteiger charge is -2.40. The molecule has 4 N–H and O–H groups in total. The number of rotatable bonds is 8. The van der Waals surface area contributed by atoms with Gasteiger partial charge in [0.15, 0.2) is 0 Å². The topological polar surface area (TPSA) is 105 Å². The fourth-order valence-electron chi connectivity index (χ4n) is 6.76. The van der Waals surface area contributed by atoms with Crippen molar-refractivity contribution in [2.75, 3.05) is 18.5 Å². The summed E-state index contributed by atoms with van der Waals surface area (Å²) in [7, 11) is 0. The first-order chi connectivity index (χ1) is 19.7. The number of anilines is 1. The Balaban J connectivity index is 1.43. The normalized spacial score (nSPS) is 26.2. The third-order valence-corrected chi connectivity index (χ3v) is 9.22. The molecule has 1 amide bonds. The molecule has 3 aliphatic rings. The Morgan fingerprint density at radius 3 is 2.54 bits per heavy atom. The number of carbonyl (C=O) groups is 2. The lowest BCUT2D eigenvalue weighted by molar-refractivity contribution is -0.128. The van der Waals surface area contributed by atoms with Crippen LogP contribution in [0.4, 0.5) is 5.69 Å². The number of aliphatic hydroxyl groups is 1. The molecule has 0 aromatic heterocycles. The third kappa shape index (κ3) is 4.94. The van der Waals surface area contributed by atoms with E-state index in [-0.39, 0.29) is 18.6 Å². The number of nitrogens with one attached hydrogen (secondary N) is 1. The van der Waals surface area contributed by atoms with Crippen LogP contribution in [0.15, 0.2) is 66.7 Å². The number of ether oxygens (including phenoxy) is 1. The van der Waals surface area contributed by atoms with Crippen molar-refractivity contribution in [2.24, 2.45) is 11.7 Å². The number of hydrogen-bond donors (Lipinski definition) is 3. The monoisotopic (exact) mass is 593 g/mol. The van der Waals surface area contributed by atoms with Crippen molar-refractivity contribution < 1.29 is 19.4 Å². The Labute approximate surface area is 249 Å². The average molecular weight is 595 g/mol. The SMILES string of the molecule is CCOC(=O)c1ccc([C@@H](O)C[C@H]2[C@@H](N)[C@H](c3cccc(Cl)c3)[C@]3(C(=O)Nc4cc(Cl)ccc43)N2CC2CC2)cc1. The third-order valence-electron chi connectivity index (χ3n) is 8.75. The second-order valence-corrected chi connectivity index (χ2v) is 12.2. The Morgan fingerprint density at radius 1 is 1.12 bits per heavy atom. The Morgan fingerprint density at radius 2 is 1.85 bits per heavy atom. The number of amides is 1. The van der Waals surface area contributed by atoms with Gasteiger partial charge in [0.1, 0.15) is 5.54 Å². The number of benzene rings is 3. The minimum atomic E-state index is -1.09. The number of carbonyl (C=O) groups excluding carboxylic acids is 2. The minimum absolute atomic E-state index is 0.147. The number of nitrogens with zero attached hydrogens (tertiary/aromatic N) is 1. The lowest BCUT2D eigenvalue weighted by atomic mass is 9.73. The summed E-state index contributed by atoms with van der Waals surface area (Å²) in [5, 5.41) is 15.7. The minimum Gasteiger partial charge on any atom is -0.462 e. The van der Waals surface area contributed by atoms with Gasteiger partial charge >= 0.3 is 5.97 Å². The molecule has 5 atom stereocenters. The van der Waals surface area contributed by atoms with Crippen LogP contribution in [0.3, 0.4) is 0 Å². The summed E-state index contributed by atoms with van der Waals surface area (Å²) in [6.07, 6.45) is 1.61. The second-order valence-electron chi connectivity index (χ2n) is 11.3. The predicted octanol–water partition coefficient (Wildman–Crippen LogP) is 5.65. The van der Waals surface area contributed by atoms with Crippen LogP contribution >= 0.6 is 23.2 Å². The highest BCUT2D eigenvalue weighted by Crippen LogP contribution is 2.58. The summed E-state index contributed by atoms with van der Waals surface area (Å²) < 4.78 is 5.09. The van der Waals surface area contributed by atoms with E-state index in [0.717, 1.165) is 24.0 Å². The molecule has 1 aliphatic carbocycles. The molecule has 3 aromatic rings. The van der Waals surface area contributed by atoms with E-state index >= 15 is 0 Å². The highest BCUT2D eigenvalue weighted by Gasteiger charge is 2.66. The number of nitrogens with two attached hydrogens (primary N) is 1. The van der Waals surface area contributed by atoms with Gasteiger partial charge in [-0.25, -0.2) is 4.79 Å². The number of aliphatic hydroxyl groups excluding tert-OH is 1. The van der Waals surface area contributed by atoms with E-state index in [4.69, 9.17) is 33.7 Å². The van der Waals surface area contributed by atoms with Crippen molar-refractivity contribution in [2.45, 2.75) is 55.8 Å². The molecule has 9 heteroatoms. The zero-order valence-corrected chi connectivity index (χ0v) is 24.2. The van der Waals surface area contributed by atoms with E-state index < -0.39 is 29.6 Å². The molecule has 2 heterocycles. The van der Waals surface area contributed by atoms with Crippen molar-refractivity contribution in [3.63, 3.8) is 0 Å². The first-order valence-corrected chi connectivity index (χ1v) is 14.8. The summed E-state index contributed by atoms with van der Waals surface area (Å²) in [6.45, 7) is 2.73. The number of fused-ring (bicyclic) bond motifs is 2. The fourth-order valence-corrected chi connectivity index (χ4v) is 7.13. The number of hydrogen-bond acceptors (Lipinski definition) is 6. The van der Waals surface area contributed by atoms with Gasteiger partial charge in [-0.15, -0.1) is 0 Å². The van der Waals surface area contributed by atoms with Crippen molar-refractivity contribution in [1.82, 2.24) is 4.90 Å². The molecular formula is C32H33Cl2N3O4. The van der Waals surface area contributed by atoms with E-state index in [0.29, 0.717) is 45.7 Å². The van der Waals surface area contributed by atoms with Gasteiger partial charge in [0, 0.05) is 45.8 Å². The van der Waals surface area contributed by atoms with Crippen molar-refractivity contribution in [1.29, 1.82) is 0 Å². The van der Waals surface area contributed by atoms with Crippen LogP contribution in [0.1, 0.15) is 65.3 Å². The van der Waals surface area contributed by atoms with Crippen LogP contribution in [0.5, 0.6) is 0 Å². The van der Waals surface area contributed by atoms with E-state index in [1.54, 1.807) is 37.3 Å². The molecule has 7 nitrogen and oxygen atoms in total. The molecule has 41 heavy (non-hydrogen) atoms. The molecule has 1 spiro atoms. The smallest absolute Gasteiger partial charge is 0.338 e. The van der Waals surface area contributed by atoms with Gasteiger partial charge in [-0.1, -0.05) is 53.5 Å². The molecule has 2 aliphatic heterocycles. The van der Waals surface area contributed by atoms with Crippen LogP contribution in [0, 0.1) is 5.92 Å². The van der Waals surface area contributed by atoms with Gasteiger partial charge in [-0.05, 0) is 79.6 Å². The molecular weight excluding hydrogens is 561 g/mol. The molecule has 6 rings (SSSR count). The van der Waals surface area contributed by atoms with Crippen LogP contribution in [-0.4, -0.2) is 47.1 Å². The van der Waals surface area contributed by atoms with Crippen LogP contribution in [0.25, 0.3) is 0 Å². The van der Waals surface area contributed by atoms with E-state index in [1.807, 2.05) is 36.4 Å². The average Bonchev–Trinajstić information content (AvgIpc) is 3.69. The standard InChI is InChI=1S/C32H33Cl2N3O4/c1-2-41-30(39)20-10-8-19(9-11-20)27(38)16-26-29(35)28(21-4-3-5-22(33)14-21)32(37(26)17-18-6-7-18)24-13-12-23(34)15-25(24)36-31(32)40/h3-5,8-15,18,26-29,38H,2,6-7,16-17,35H2,1H3,(H,36,40)/t26-,27-,28-,29+,32+/m0/s1. The molecule has 214 valence electrons. The van der Waals surface area contributed by atoms with Gasteiger partial charge in [0.05, 0.1) is 18.3 Å². The van der Waals surface area contributed by atoms with Gasteiger partial charge < -0.3 is 20.9 Å². The zero-order valence-electron chi connectivity index (χ0n) is 22.7. The highest BCUT2D eigenvalue weighted by atomic mass is 35.5. The van der Waals surface area contributed by atoms with E-state index in [2.05, 4.69) is 10.2 Å². The Bertz CT molecular complexity index is 1480. The predicted molar refractivity (Wildman–Crippen MR) is 159 cm³/mol. The first-order valence-electron chi connectivity index (χ1n) is 14.1. The zero-order chi connectivity index (χ0) is 28.9. The fraction of sp³-hybridized carbons (Fsp3) is 0.375. The highest BCUT2D eigenvalue weighted by molar-refractivity contribution is 6.31. The van der Waals surface area contributed by atoms with Gasteiger partial charge in [0.25, 0.3) is 0 Å².